The summed E-state index contributed by atoms with van der Waals surface area (Å²) in [5, 5.41) is 10.3. The zero-order valence-corrected chi connectivity index (χ0v) is 16.4. The Morgan fingerprint density at radius 2 is 1.83 bits per heavy atom. The van der Waals surface area contributed by atoms with Gasteiger partial charge in [0, 0.05) is 18.3 Å². The van der Waals surface area contributed by atoms with Crippen molar-refractivity contribution in [1.29, 1.82) is 0 Å². The smallest absolute Gasteiger partial charge is 0.338 e. The summed E-state index contributed by atoms with van der Waals surface area (Å²) in [7, 11) is 0. The van der Waals surface area contributed by atoms with Crippen LogP contribution in [-0.2, 0) is 14.3 Å². The highest BCUT2D eigenvalue weighted by Gasteiger charge is 2.50. The van der Waals surface area contributed by atoms with Gasteiger partial charge in [-0.2, -0.15) is 0 Å². The van der Waals surface area contributed by atoms with Crippen molar-refractivity contribution in [3.05, 3.63) is 78.4 Å². The van der Waals surface area contributed by atoms with E-state index in [0.29, 0.717) is 17.7 Å². The average molecular weight is 408 g/mol. The number of esters is 2. The highest BCUT2D eigenvalue weighted by Crippen LogP contribution is 2.43. The van der Waals surface area contributed by atoms with Gasteiger partial charge >= 0.3 is 11.9 Å². The number of fused-ring (bicyclic) bond motifs is 1. The van der Waals surface area contributed by atoms with Gasteiger partial charge < -0.3 is 19.3 Å². The number of ether oxygens (including phenoxy) is 3. The number of para-hydroxylation sites is 1. The molecule has 2 aromatic carbocycles. The molecule has 0 radical (unpaired) electrons. The largest absolute Gasteiger partial charge is 0.491 e. The second kappa shape index (κ2) is 9.13. The van der Waals surface area contributed by atoms with Gasteiger partial charge in [-0.05, 0) is 24.3 Å². The average Bonchev–Trinajstić information content (AvgIpc) is 3.27. The highest BCUT2D eigenvalue weighted by molar-refractivity contribution is 5.89. The number of hydrogen-bond acceptors (Lipinski definition) is 6. The molecule has 5 atom stereocenters. The third-order valence-corrected chi connectivity index (χ3v) is 5.54. The van der Waals surface area contributed by atoms with E-state index in [2.05, 4.69) is 0 Å². The van der Waals surface area contributed by atoms with Gasteiger partial charge in [0.15, 0.2) is 0 Å². The fraction of sp³-hybridized carbons (Fsp3) is 0.333. The van der Waals surface area contributed by atoms with E-state index >= 15 is 0 Å². The van der Waals surface area contributed by atoms with Crippen LogP contribution in [0.3, 0.4) is 0 Å². The van der Waals surface area contributed by atoms with E-state index in [1.165, 1.54) is 0 Å². The highest BCUT2D eigenvalue weighted by atomic mass is 16.6. The molecular formula is C24H24O6. The van der Waals surface area contributed by atoms with Crippen molar-refractivity contribution in [1.82, 2.24) is 0 Å². The molecule has 0 bridgehead atoms. The van der Waals surface area contributed by atoms with Gasteiger partial charge in [-0.25, -0.2) is 4.79 Å². The van der Waals surface area contributed by atoms with Gasteiger partial charge in [0.1, 0.15) is 30.7 Å². The lowest BCUT2D eigenvalue weighted by atomic mass is 9.91. The molecule has 0 aromatic heterocycles. The first-order valence-electron chi connectivity index (χ1n) is 10.1. The van der Waals surface area contributed by atoms with Crippen LogP contribution >= 0.6 is 0 Å². The van der Waals surface area contributed by atoms with Crippen molar-refractivity contribution >= 4 is 11.9 Å². The summed E-state index contributed by atoms with van der Waals surface area (Å²) in [6.45, 7) is 0.102. The van der Waals surface area contributed by atoms with Crippen LogP contribution in [-0.4, -0.2) is 42.0 Å². The van der Waals surface area contributed by atoms with E-state index < -0.39 is 18.2 Å². The molecule has 1 heterocycles. The van der Waals surface area contributed by atoms with Gasteiger partial charge in [0.2, 0.25) is 0 Å². The Bertz CT molecular complexity index is 894. The lowest BCUT2D eigenvalue weighted by Crippen LogP contribution is -2.25. The monoisotopic (exact) mass is 408 g/mol. The van der Waals surface area contributed by atoms with Crippen molar-refractivity contribution in [2.45, 2.75) is 31.2 Å². The molecule has 1 saturated carbocycles. The minimum atomic E-state index is -0.826. The number of benzene rings is 2. The summed E-state index contributed by atoms with van der Waals surface area (Å²) in [5.41, 5.74) is 0.477. The van der Waals surface area contributed by atoms with Crippen LogP contribution < -0.4 is 4.74 Å². The van der Waals surface area contributed by atoms with Crippen LogP contribution in [0.5, 0.6) is 5.75 Å². The molecule has 6 nitrogen and oxygen atoms in total. The van der Waals surface area contributed by atoms with Crippen LogP contribution in [0.15, 0.2) is 72.8 Å². The summed E-state index contributed by atoms with van der Waals surface area (Å²) >= 11 is 0. The van der Waals surface area contributed by atoms with E-state index in [0.717, 1.165) is 0 Å². The zero-order valence-electron chi connectivity index (χ0n) is 16.4. The van der Waals surface area contributed by atoms with Crippen molar-refractivity contribution in [2.24, 2.45) is 11.8 Å². The molecule has 0 unspecified atom stereocenters. The van der Waals surface area contributed by atoms with Crippen LogP contribution in [0.2, 0.25) is 0 Å². The first-order chi connectivity index (χ1) is 14.6. The Balaban J connectivity index is 1.41. The Kier molecular flexibility index (Phi) is 6.14. The van der Waals surface area contributed by atoms with Crippen LogP contribution in [0.1, 0.15) is 23.2 Å². The summed E-state index contributed by atoms with van der Waals surface area (Å²) in [5.74, 6) is -0.233. The molecule has 156 valence electrons. The molecule has 1 N–H and O–H groups in total. The molecule has 0 spiro atoms. The SMILES string of the molecule is O=C1C[C@@H]2[C@@H](/C=C/[C@@H](O)COc3ccccc3)[C@H](OC(=O)c3ccccc3)C[C@@H]2O1. The molecule has 30 heavy (non-hydrogen) atoms. The maximum absolute atomic E-state index is 12.5. The lowest BCUT2D eigenvalue weighted by Gasteiger charge is -2.20. The summed E-state index contributed by atoms with van der Waals surface area (Å²) in [6.07, 6.45) is 2.71. The second-order valence-electron chi connectivity index (χ2n) is 7.60. The molecule has 4 rings (SSSR count). The van der Waals surface area contributed by atoms with Crippen LogP contribution in [0, 0.1) is 11.8 Å². The van der Waals surface area contributed by atoms with E-state index in [1.807, 2.05) is 42.5 Å². The van der Waals surface area contributed by atoms with Crippen LogP contribution in [0.25, 0.3) is 0 Å². The maximum Gasteiger partial charge on any atom is 0.338 e. The summed E-state index contributed by atoms with van der Waals surface area (Å²) in [4.78, 5) is 24.2. The van der Waals surface area contributed by atoms with Gasteiger partial charge in [0.25, 0.3) is 0 Å². The molecule has 1 aliphatic heterocycles. The number of aliphatic hydroxyl groups excluding tert-OH is 1. The van der Waals surface area contributed by atoms with E-state index in [4.69, 9.17) is 14.2 Å². The number of rotatable bonds is 7. The fourth-order valence-corrected chi connectivity index (χ4v) is 4.08. The Morgan fingerprint density at radius 1 is 1.13 bits per heavy atom. The molecule has 0 amide bonds. The quantitative estimate of drug-likeness (QED) is 0.560. The molecular weight excluding hydrogens is 384 g/mol. The van der Waals surface area contributed by atoms with E-state index in [-0.39, 0.29) is 36.9 Å². The Morgan fingerprint density at radius 3 is 2.57 bits per heavy atom. The third kappa shape index (κ3) is 4.71. The van der Waals surface area contributed by atoms with E-state index in [1.54, 1.807) is 30.3 Å². The van der Waals surface area contributed by atoms with Crippen LogP contribution in [0.4, 0.5) is 0 Å². The molecule has 2 aromatic rings. The predicted octanol–water partition coefficient (Wildman–Crippen LogP) is 3.16. The van der Waals surface area contributed by atoms with E-state index in [9.17, 15) is 14.7 Å². The minimum Gasteiger partial charge on any atom is -0.491 e. The molecule has 2 aliphatic rings. The minimum absolute atomic E-state index is 0.0652. The first-order valence-corrected chi connectivity index (χ1v) is 10.1. The van der Waals surface area contributed by atoms with Crippen molar-refractivity contribution < 1.29 is 28.9 Å². The Hall–Kier alpha value is -3.12. The summed E-state index contributed by atoms with van der Waals surface area (Å²) < 4.78 is 16.7. The molecule has 1 aliphatic carbocycles. The van der Waals surface area contributed by atoms with Gasteiger partial charge in [-0.3, -0.25) is 4.79 Å². The number of aliphatic hydroxyl groups is 1. The number of hydrogen-bond donors (Lipinski definition) is 1. The third-order valence-electron chi connectivity index (χ3n) is 5.54. The normalized spacial score (nSPS) is 26.2. The number of carbonyl (C=O) groups is 2. The van der Waals surface area contributed by atoms with Crippen molar-refractivity contribution in [3.63, 3.8) is 0 Å². The molecule has 1 saturated heterocycles. The standard InChI is InChI=1S/C24H24O6/c25-17(15-28-18-9-5-2-6-10-18)11-12-19-20-13-23(26)29-22(20)14-21(19)30-24(27)16-7-3-1-4-8-16/h1-12,17,19-22,25H,13-15H2/b12-11+/t17-,19-,20-,21-,22+/m1/s1. The second-order valence-corrected chi connectivity index (χ2v) is 7.60. The van der Waals surface area contributed by atoms with Crippen molar-refractivity contribution in [2.75, 3.05) is 6.61 Å². The predicted molar refractivity (Wildman–Crippen MR) is 109 cm³/mol. The molecule has 6 heteroatoms. The maximum atomic E-state index is 12.5. The van der Waals surface area contributed by atoms with Gasteiger partial charge in [0.05, 0.1) is 12.0 Å². The first kappa shape index (κ1) is 20.2. The van der Waals surface area contributed by atoms with Gasteiger partial charge in [-0.15, -0.1) is 0 Å². The topological polar surface area (TPSA) is 82.1 Å². The lowest BCUT2D eigenvalue weighted by molar-refractivity contribution is -0.141. The fourth-order valence-electron chi connectivity index (χ4n) is 4.08. The Labute approximate surface area is 175 Å². The summed E-state index contributed by atoms with van der Waals surface area (Å²) in [6, 6.07) is 18.0. The zero-order chi connectivity index (χ0) is 20.9. The molecule has 2 fully saturated rings. The van der Waals surface area contributed by atoms with Crippen molar-refractivity contribution in [3.8, 4) is 5.75 Å². The number of carbonyl (C=O) groups excluding carboxylic acids is 2. The van der Waals surface area contributed by atoms with Gasteiger partial charge in [-0.1, -0.05) is 48.6 Å².